The smallest absolute Gasteiger partial charge is 0.247 e. The van der Waals surface area contributed by atoms with Crippen LogP contribution in [-0.4, -0.2) is 4.98 Å². The molecular weight excluding hydrogens is 332 g/mol. The number of aromatic nitrogens is 1. The second-order valence-corrected chi connectivity index (χ2v) is 3.90. The quantitative estimate of drug-likeness (QED) is 0.430. The van der Waals surface area contributed by atoms with Gasteiger partial charge in [0, 0.05) is 5.56 Å². The van der Waals surface area contributed by atoms with Crippen LogP contribution in [0, 0.1) is 10.6 Å². The fourth-order valence-corrected chi connectivity index (χ4v) is 1.90. The van der Waals surface area contributed by atoms with Crippen LogP contribution in [0.1, 0.15) is 23.2 Å². The normalized spacial score (nSPS) is 12.3. The molecule has 0 N–H and O–H groups in total. The Labute approximate surface area is 95.8 Å². The van der Waals surface area contributed by atoms with Crippen LogP contribution in [0.25, 0.3) is 0 Å². The molecule has 0 aliphatic carbocycles. The van der Waals surface area contributed by atoms with E-state index in [0.29, 0.717) is 0 Å². The van der Waals surface area contributed by atoms with Crippen molar-refractivity contribution >= 4 is 22.6 Å². The molecule has 1 rings (SSSR count). The van der Waals surface area contributed by atoms with Gasteiger partial charge in [0.15, 0.2) is 0 Å². The number of halogens is 6. The predicted molar refractivity (Wildman–Crippen MR) is 51.6 cm³/mol. The van der Waals surface area contributed by atoms with Gasteiger partial charge >= 0.3 is 6.18 Å². The van der Waals surface area contributed by atoms with Crippen molar-refractivity contribution in [3.8, 4) is 0 Å². The molecule has 0 radical (unpaired) electrons. The number of hydrogen-bond acceptors (Lipinski definition) is 1. The molecule has 84 valence electrons. The molecule has 0 amide bonds. The Kier molecular flexibility index (Phi) is 3.51. The lowest BCUT2D eigenvalue weighted by Crippen LogP contribution is -2.14. The van der Waals surface area contributed by atoms with Crippen LogP contribution in [-0.2, 0) is 6.18 Å². The number of nitrogens with zero attached hydrogens (tertiary/aromatic N) is 1. The van der Waals surface area contributed by atoms with Gasteiger partial charge in [0.05, 0.1) is 11.3 Å². The van der Waals surface area contributed by atoms with Gasteiger partial charge in [-0.15, -0.1) is 0 Å². The molecule has 1 nitrogen and oxygen atoms in total. The van der Waals surface area contributed by atoms with E-state index in [-0.39, 0.29) is 3.70 Å². The van der Waals surface area contributed by atoms with E-state index in [2.05, 4.69) is 4.98 Å². The van der Waals surface area contributed by atoms with Gasteiger partial charge in [0.2, 0.25) is 0 Å². The highest BCUT2D eigenvalue weighted by Crippen LogP contribution is 2.38. The van der Waals surface area contributed by atoms with Crippen LogP contribution >= 0.6 is 22.6 Å². The first kappa shape index (κ1) is 12.6. The molecule has 0 unspecified atom stereocenters. The molecule has 7 heteroatoms. The van der Waals surface area contributed by atoms with Crippen LogP contribution in [0.2, 0.25) is 0 Å². The summed E-state index contributed by atoms with van der Waals surface area (Å²) < 4.78 is 62.2. The zero-order chi connectivity index (χ0) is 11.8. The zero-order valence-corrected chi connectivity index (χ0v) is 9.53. The van der Waals surface area contributed by atoms with E-state index in [4.69, 9.17) is 0 Å². The first-order chi connectivity index (χ1) is 6.73. The van der Waals surface area contributed by atoms with Gasteiger partial charge in [0.25, 0.3) is 6.43 Å². The summed E-state index contributed by atoms with van der Waals surface area (Å²) >= 11 is 1.60. The van der Waals surface area contributed by atoms with Crippen molar-refractivity contribution < 1.29 is 22.0 Å². The first-order valence-corrected chi connectivity index (χ1v) is 4.83. The largest absolute Gasteiger partial charge is 0.418 e. The summed E-state index contributed by atoms with van der Waals surface area (Å²) in [5.74, 6) is 0. The number of hydrogen-bond donors (Lipinski definition) is 0. The minimum absolute atomic E-state index is 0.119. The second-order valence-electron chi connectivity index (χ2n) is 2.79. The molecule has 15 heavy (non-hydrogen) atoms. The van der Waals surface area contributed by atoms with E-state index in [9.17, 15) is 22.0 Å². The van der Waals surface area contributed by atoms with Crippen molar-refractivity contribution in [1.82, 2.24) is 4.98 Å². The summed E-state index contributed by atoms with van der Waals surface area (Å²) in [6.07, 6.45) is -7.95. The van der Waals surface area contributed by atoms with Crippen LogP contribution in [0.5, 0.6) is 0 Å². The first-order valence-electron chi connectivity index (χ1n) is 3.76. The topological polar surface area (TPSA) is 12.9 Å². The molecule has 0 spiro atoms. The van der Waals surface area contributed by atoms with Crippen molar-refractivity contribution in [3.63, 3.8) is 0 Å². The molecule has 0 aliphatic rings. The third-order valence-corrected chi connectivity index (χ3v) is 2.27. The minimum atomic E-state index is -4.80. The summed E-state index contributed by atoms with van der Waals surface area (Å²) in [7, 11) is 0. The standard InChI is InChI=1S/C8H5F5IN/c1-3-6(8(11,12)13)4(7(9)10)2-5(14)15-3/h2,7H,1H3. The average Bonchev–Trinajstić information content (AvgIpc) is 1.99. The van der Waals surface area contributed by atoms with E-state index in [1.165, 1.54) is 0 Å². The Morgan fingerprint density at radius 1 is 1.33 bits per heavy atom. The van der Waals surface area contributed by atoms with Crippen LogP contribution in [0.15, 0.2) is 6.07 Å². The maximum absolute atomic E-state index is 12.4. The highest BCUT2D eigenvalue weighted by Gasteiger charge is 2.38. The lowest BCUT2D eigenvalue weighted by molar-refractivity contribution is -0.140. The molecule has 0 bridgehead atoms. The Morgan fingerprint density at radius 2 is 1.87 bits per heavy atom. The van der Waals surface area contributed by atoms with Gasteiger partial charge in [-0.3, -0.25) is 0 Å². The van der Waals surface area contributed by atoms with E-state index in [1.807, 2.05) is 0 Å². The van der Waals surface area contributed by atoms with Crippen molar-refractivity contribution in [2.24, 2.45) is 0 Å². The van der Waals surface area contributed by atoms with Crippen LogP contribution in [0.4, 0.5) is 22.0 Å². The third-order valence-electron chi connectivity index (χ3n) is 1.72. The molecule has 1 heterocycles. The molecule has 0 aliphatic heterocycles. The molecule has 0 aromatic carbocycles. The van der Waals surface area contributed by atoms with Gasteiger partial charge in [-0.25, -0.2) is 13.8 Å². The summed E-state index contributed by atoms with van der Waals surface area (Å²) in [6, 6.07) is 0.751. The summed E-state index contributed by atoms with van der Waals surface area (Å²) in [5, 5.41) is 0. The summed E-state index contributed by atoms with van der Waals surface area (Å²) in [5.41, 5.74) is -2.78. The highest BCUT2D eigenvalue weighted by atomic mass is 127. The van der Waals surface area contributed by atoms with Crippen molar-refractivity contribution in [2.45, 2.75) is 19.5 Å². The van der Waals surface area contributed by atoms with Crippen LogP contribution in [0.3, 0.4) is 0 Å². The highest BCUT2D eigenvalue weighted by molar-refractivity contribution is 14.1. The predicted octanol–water partition coefficient (Wildman–Crippen LogP) is 3.95. The van der Waals surface area contributed by atoms with E-state index >= 15 is 0 Å². The fourth-order valence-electron chi connectivity index (χ4n) is 1.20. The Morgan fingerprint density at radius 3 is 2.27 bits per heavy atom. The number of alkyl halides is 5. The zero-order valence-electron chi connectivity index (χ0n) is 7.37. The number of pyridine rings is 1. The van der Waals surface area contributed by atoms with E-state index < -0.39 is 29.4 Å². The van der Waals surface area contributed by atoms with Crippen molar-refractivity contribution in [1.29, 1.82) is 0 Å². The minimum Gasteiger partial charge on any atom is -0.247 e. The van der Waals surface area contributed by atoms with Gasteiger partial charge in [-0.05, 0) is 35.6 Å². The average molecular weight is 337 g/mol. The summed E-state index contributed by atoms with van der Waals surface area (Å²) in [6.45, 7) is 1.07. The molecule has 0 saturated heterocycles. The number of aryl methyl sites for hydroxylation is 1. The van der Waals surface area contributed by atoms with Gasteiger partial charge < -0.3 is 0 Å². The maximum Gasteiger partial charge on any atom is 0.418 e. The van der Waals surface area contributed by atoms with Gasteiger partial charge in [-0.2, -0.15) is 13.2 Å². The monoisotopic (exact) mass is 337 g/mol. The summed E-state index contributed by atoms with van der Waals surface area (Å²) in [4.78, 5) is 3.52. The molecule has 1 aromatic heterocycles. The van der Waals surface area contributed by atoms with Crippen LogP contribution < -0.4 is 0 Å². The molecular formula is C8H5F5IN. The fraction of sp³-hybridized carbons (Fsp3) is 0.375. The Balaban J connectivity index is 3.48. The van der Waals surface area contributed by atoms with E-state index in [0.717, 1.165) is 13.0 Å². The molecule has 0 atom stereocenters. The third kappa shape index (κ3) is 2.76. The molecule has 1 aromatic rings. The second kappa shape index (κ2) is 4.18. The lowest BCUT2D eigenvalue weighted by atomic mass is 10.1. The molecule has 0 saturated carbocycles. The van der Waals surface area contributed by atoms with Crippen molar-refractivity contribution in [3.05, 3.63) is 26.6 Å². The Hall–Kier alpha value is -0.470. The Bertz CT molecular complexity index is 374. The number of rotatable bonds is 1. The van der Waals surface area contributed by atoms with Gasteiger partial charge in [-0.1, -0.05) is 0 Å². The molecule has 0 fully saturated rings. The SMILES string of the molecule is Cc1nc(I)cc(C(F)F)c1C(F)(F)F. The van der Waals surface area contributed by atoms with E-state index in [1.54, 1.807) is 22.6 Å². The lowest BCUT2D eigenvalue weighted by Gasteiger charge is -2.14. The van der Waals surface area contributed by atoms with Crippen molar-refractivity contribution in [2.75, 3.05) is 0 Å². The maximum atomic E-state index is 12.4. The van der Waals surface area contributed by atoms with Gasteiger partial charge in [0.1, 0.15) is 3.70 Å².